The van der Waals surface area contributed by atoms with Gasteiger partial charge in [0.15, 0.2) is 0 Å². The monoisotopic (exact) mass is 406 g/mol. The first kappa shape index (κ1) is 21.0. The molecule has 154 valence electrons. The van der Waals surface area contributed by atoms with Crippen LogP contribution in [0.15, 0.2) is 36.4 Å². The fraction of sp³-hybridized carbons (Fsp3) is 0.571. The van der Waals surface area contributed by atoms with Crippen LogP contribution in [0, 0.1) is 0 Å². The van der Waals surface area contributed by atoms with Crippen LogP contribution in [0.25, 0.3) is 6.08 Å². The first-order valence-electron chi connectivity index (χ1n) is 9.89. The minimum atomic E-state index is -2.95. The van der Waals surface area contributed by atoms with E-state index >= 15 is 0 Å². The maximum atomic E-state index is 12.8. The van der Waals surface area contributed by atoms with Gasteiger partial charge in [-0.25, -0.2) is 8.42 Å². The summed E-state index contributed by atoms with van der Waals surface area (Å²) < 4.78 is 28.9. The van der Waals surface area contributed by atoms with Gasteiger partial charge in [0, 0.05) is 39.0 Å². The van der Waals surface area contributed by atoms with Gasteiger partial charge in [-0.3, -0.25) is 4.79 Å². The molecule has 0 radical (unpaired) electrons. The molecule has 0 aromatic heterocycles. The first-order chi connectivity index (χ1) is 13.4. The van der Waals surface area contributed by atoms with Gasteiger partial charge in [-0.1, -0.05) is 42.5 Å². The largest absolute Gasteiger partial charge is 0.373 e. The Morgan fingerprint density at radius 3 is 2.54 bits per heavy atom. The number of likely N-dealkylation sites (tertiary alicyclic amines) is 1. The number of carbonyl (C=O) groups excluding carboxylic acids is 1. The Hall–Kier alpha value is -1.70. The van der Waals surface area contributed by atoms with E-state index < -0.39 is 15.4 Å². The van der Waals surface area contributed by atoms with Crippen LogP contribution < -0.4 is 0 Å². The van der Waals surface area contributed by atoms with E-state index in [0.29, 0.717) is 32.7 Å². The number of hydrogen-bond acceptors (Lipinski definition) is 5. The Morgan fingerprint density at radius 2 is 1.86 bits per heavy atom. The van der Waals surface area contributed by atoms with Gasteiger partial charge in [0.1, 0.15) is 9.84 Å². The lowest BCUT2D eigenvalue weighted by molar-refractivity contribution is -0.135. The lowest BCUT2D eigenvalue weighted by Gasteiger charge is -2.40. The van der Waals surface area contributed by atoms with Gasteiger partial charge in [0.2, 0.25) is 5.91 Å². The van der Waals surface area contributed by atoms with Crippen molar-refractivity contribution < 1.29 is 17.9 Å². The van der Waals surface area contributed by atoms with Gasteiger partial charge in [0.05, 0.1) is 24.4 Å². The van der Waals surface area contributed by atoms with E-state index in [1.54, 1.807) is 0 Å². The second kappa shape index (κ2) is 9.20. The quantitative estimate of drug-likeness (QED) is 0.721. The Morgan fingerprint density at radius 1 is 1.14 bits per heavy atom. The lowest BCUT2D eigenvalue weighted by atomic mass is 9.87. The Balaban J connectivity index is 1.51. The van der Waals surface area contributed by atoms with Gasteiger partial charge >= 0.3 is 0 Å². The molecule has 2 saturated heterocycles. The van der Waals surface area contributed by atoms with Crippen molar-refractivity contribution >= 4 is 21.8 Å². The molecule has 0 N–H and O–H groups in total. The zero-order valence-electron chi connectivity index (χ0n) is 16.5. The van der Waals surface area contributed by atoms with Gasteiger partial charge in [-0.2, -0.15) is 0 Å². The van der Waals surface area contributed by atoms with E-state index in [-0.39, 0.29) is 11.7 Å². The molecule has 7 heteroatoms. The lowest BCUT2D eigenvalue weighted by Crippen LogP contribution is -2.48. The maximum absolute atomic E-state index is 12.8. The molecule has 1 amide bonds. The highest BCUT2D eigenvalue weighted by atomic mass is 32.2. The molecule has 1 aromatic rings. The number of piperidine rings is 1. The Labute approximate surface area is 168 Å². The predicted octanol–water partition coefficient (Wildman–Crippen LogP) is 1.83. The average molecular weight is 407 g/mol. The van der Waals surface area contributed by atoms with E-state index in [4.69, 9.17) is 4.74 Å². The maximum Gasteiger partial charge on any atom is 0.225 e. The molecular formula is C21H30N2O4S. The van der Waals surface area contributed by atoms with Gasteiger partial charge in [-0.15, -0.1) is 0 Å². The fourth-order valence-corrected chi connectivity index (χ4v) is 4.40. The van der Waals surface area contributed by atoms with Crippen molar-refractivity contribution in [1.82, 2.24) is 9.80 Å². The molecule has 0 saturated carbocycles. The zero-order valence-corrected chi connectivity index (χ0v) is 17.4. The Bertz CT molecular complexity index is 784. The van der Waals surface area contributed by atoms with Crippen molar-refractivity contribution in [1.29, 1.82) is 0 Å². The summed E-state index contributed by atoms with van der Waals surface area (Å²) in [6.45, 7) is 3.85. The number of carbonyl (C=O) groups is 1. The van der Waals surface area contributed by atoms with Crippen molar-refractivity contribution in [3.05, 3.63) is 42.0 Å². The van der Waals surface area contributed by atoms with E-state index in [1.807, 2.05) is 47.4 Å². The highest BCUT2D eigenvalue weighted by Gasteiger charge is 2.40. The van der Waals surface area contributed by atoms with Crippen LogP contribution in [0.1, 0.15) is 24.8 Å². The van der Waals surface area contributed by atoms with Crippen LogP contribution in [-0.4, -0.2) is 81.1 Å². The van der Waals surface area contributed by atoms with Crippen molar-refractivity contribution in [2.24, 2.45) is 0 Å². The second-order valence-corrected chi connectivity index (χ2v) is 10.1. The molecule has 2 fully saturated rings. The third-order valence-corrected chi connectivity index (χ3v) is 6.50. The molecule has 2 heterocycles. The molecule has 2 aliphatic heterocycles. The van der Waals surface area contributed by atoms with Crippen molar-refractivity contribution in [2.75, 3.05) is 51.3 Å². The third kappa shape index (κ3) is 6.15. The predicted molar refractivity (Wildman–Crippen MR) is 111 cm³/mol. The average Bonchev–Trinajstić information content (AvgIpc) is 2.81. The fourth-order valence-electron chi connectivity index (χ4n) is 3.81. The number of rotatable bonds is 6. The molecule has 6 nitrogen and oxygen atoms in total. The minimum Gasteiger partial charge on any atom is -0.373 e. The smallest absolute Gasteiger partial charge is 0.225 e. The molecule has 0 atom stereocenters. The summed E-state index contributed by atoms with van der Waals surface area (Å²) in [4.78, 5) is 16.8. The van der Waals surface area contributed by atoms with Crippen LogP contribution in [0.5, 0.6) is 0 Å². The van der Waals surface area contributed by atoms with E-state index in [1.165, 1.54) is 6.26 Å². The van der Waals surface area contributed by atoms with Crippen LogP contribution in [0.4, 0.5) is 0 Å². The molecule has 0 unspecified atom stereocenters. The molecule has 2 aliphatic rings. The van der Waals surface area contributed by atoms with Crippen LogP contribution in [0.3, 0.4) is 0 Å². The number of hydrogen-bond donors (Lipinski definition) is 0. The third-order valence-electron chi connectivity index (χ3n) is 5.58. The number of ether oxygens (including phenoxy) is 1. The van der Waals surface area contributed by atoms with Crippen molar-refractivity contribution in [2.45, 2.75) is 24.9 Å². The summed E-state index contributed by atoms with van der Waals surface area (Å²) in [7, 11) is -2.95. The number of nitrogens with zero attached hydrogens (tertiary/aromatic N) is 2. The summed E-state index contributed by atoms with van der Waals surface area (Å²) in [5.41, 5.74) is 0.732. The normalized spacial score (nSPS) is 21.3. The van der Waals surface area contributed by atoms with Gasteiger partial charge < -0.3 is 14.5 Å². The van der Waals surface area contributed by atoms with Gasteiger partial charge in [-0.05, 0) is 18.4 Å². The Kier molecular flexibility index (Phi) is 6.91. The van der Waals surface area contributed by atoms with Crippen LogP contribution in [-0.2, 0) is 19.4 Å². The van der Waals surface area contributed by atoms with E-state index in [0.717, 1.165) is 31.5 Å². The summed E-state index contributed by atoms with van der Waals surface area (Å²) >= 11 is 0. The first-order valence-corrected chi connectivity index (χ1v) is 11.9. The summed E-state index contributed by atoms with van der Waals surface area (Å²) in [6, 6.07) is 10.1. The SMILES string of the molecule is CS(=O)(=O)CCN1CCC2(CC1)CC(=O)N(CC=Cc1ccccc1)CCO2. The highest BCUT2D eigenvalue weighted by Crippen LogP contribution is 2.32. The summed E-state index contributed by atoms with van der Waals surface area (Å²) in [5, 5.41) is 0. The molecule has 1 aromatic carbocycles. The molecular weight excluding hydrogens is 376 g/mol. The van der Waals surface area contributed by atoms with Crippen molar-refractivity contribution in [3.8, 4) is 0 Å². The molecule has 28 heavy (non-hydrogen) atoms. The number of benzene rings is 1. The van der Waals surface area contributed by atoms with E-state index in [9.17, 15) is 13.2 Å². The highest BCUT2D eigenvalue weighted by molar-refractivity contribution is 7.90. The van der Waals surface area contributed by atoms with Crippen LogP contribution >= 0.6 is 0 Å². The molecule has 1 spiro atoms. The topological polar surface area (TPSA) is 66.9 Å². The molecule has 3 rings (SSSR count). The zero-order chi connectivity index (χ0) is 20.0. The van der Waals surface area contributed by atoms with Crippen LogP contribution in [0.2, 0.25) is 0 Å². The number of amides is 1. The second-order valence-electron chi connectivity index (χ2n) is 7.83. The number of sulfone groups is 1. The summed E-state index contributed by atoms with van der Waals surface area (Å²) in [5.74, 6) is 0.321. The molecule has 0 aliphatic carbocycles. The molecule has 0 bridgehead atoms. The summed E-state index contributed by atoms with van der Waals surface area (Å²) in [6.07, 6.45) is 7.29. The standard InChI is InChI=1S/C21H30N2O4S/c1-28(25,26)17-15-22-12-9-21(10-13-22)18-20(24)23(14-16-27-21)11-5-8-19-6-3-2-4-7-19/h2-8H,9-18H2,1H3. The minimum absolute atomic E-state index is 0.139. The van der Waals surface area contributed by atoms with E-state index in [2.05, 4.69) is 4.90 Å². The van der Waals surface area contributed by atoms with Crippen molar-refractivity contribution in [3.63, 3.8) is 0 Å². The van der Waals surface area contributed by atoms with Gasteiger partial charge in [0.25, 0.3) is 0 Å².